The zero-order valence-electron chi connectivity index (χ0n) is 13.6. The van der Waals surface area contributed by atoms with E-state index in [2.05, 4.69) is 20.6 Å². The highest BCUT2D eigenvalue weighted by Crippen LogP contribution is 2.33. The van der Waals surface area contributed by atoms with Crippen LogP contribution in [0.3, 0.4) is 0 Å². The van der Waals surface area contributed by atoms with Gasteiger partial charge in [0.05, 0.1) is 0 Å². The number of anilines is 3. The van der Waals surface area contributed by atoms with Crippen molar-refractivity contribution in [1.82, 2.24) is 9.97 Å². The molecule has 0 atom stereocenters. The molecule has 1 aliphatic carbocycles. The number of ether oxygens (including phenoxy) is 2. The molecule has 0 spiro atoms. The first-order chi connectivity index (χ1) is 11.9. The Morgan fingerprint density at radius 1 is 0.875 bits per heavy atom. The van der Waals surface area contributed by atoms with Gasteiger partial charge in [-0.05, 0) is 25.0 Å². The van der Waals surface area contributed by atoms with E-state index in [1.54, 1.807) is 6.33 Å². The minimum Gasteiger partial charge on any atom is -0.486 e. The molecule has 2 aliphatic rings. The van der Waals surface area contributed by atoms with Crippen molar-refractivity contribution in [2.45, 2.75) is 38.1 Å². The van der Waals surface area contributed by atoms with E-state index in [4.69, 9.17) is 9.47 Å². The molecule has 126 valence electrons. The van der Waals surface area contributed by atoms with E-state index in [0.717, 1.165) is 28.8 Å². The first-order valence-corrected chi connectivity index (χ1v) is 8.62. The molecule has 2 aromatic rings. The number of nitrogens with one attached hydrogen (secondary N) is 2. The van der Waals surface area contributed by atoms with Crippen molar-refractivity contribution in [2.24, 2.45) is 0 Å². The Hall–Kier alpha value is -2.50. The number of rotatable bonds is 4. The molecule has 24 heavy (non-hydrogen) atoms. The summed E-state index contributed by atoms with van der Waals surface area (Å²) in [6.45, 7) is 1.18. The first kappa shape index (κ1) is 15.1. The van der Waals surface area contributed by atoms with Crippen molar-refractivity contribution in [1.29, 1.82) is 0 Å². The fourth-order valence-corrected chi connectivity index (χ4v) is 3.23. The van der Waals surface area contributed by atoms with Crippen LogP contribution < -0.4 is 20.1 Å². The topological polar surface area (TPSA) is 68.3 Å². The monoisotopic (exact) mass is 326 g/mol. The molecule has 0 unspecified atom stereocenters. The highest BCUT2D eigenvalue weighted by atomic mass is 16.6. The molecule has 1 aromatic carbocycles. The molecular weight excluding hydrogens is 304 g/mol. The van der Waals surface area contributed by atoms with Crippen LogP contribution in [-0.2, 0) is 0 Å². The summed E-state index contributed by atoms with van der Waals surface area (Å²) < 4.78 is 11.2. The van der Waals surface area contributed by atoms with Crippen LogP contribution in [0.25, 0.3) is 0 Å². The van der Waals surface area contributed by atoms with Crippen molar-refractivity contribution < 1.29 is 9.47 Å². The molecule has 1 saturated carbocycles. The summed E-state index contributed by atoms with van der Waals surface area (Å²) in [5.41, 5.74) is 0.918. The van der Waals surface area contributed by atoms with Crippen LogP contribution in [0.4, 0.5) is 17.3 Å². The predicted octanol–water partition coefficient (Wildman–Crippen LogP) is 3.74. The Bertz CT molecular complexity index is 701. The molecule has 1 aromatic heterocycles. The number of aromatic nitrogens is 2. The summed E-state index contributed by atoms with van der Waals surface area (Å²) in [5.74, 6) is 3.19. The van der Waals surface area contributed by atoms with Gasteiger partial charge in [-0.25, -0.2) is 9.97 Å². The van der Waals surface area contributed by atoms with Crippen LogP contribution in [-0.4, -0.2) is 29.2 Å². The largest absolute Gasteiger partial charge is 0.486 e. The van der Waals surface area contributed by atoms with Gasteiger partial charge in [-0.15, -0.1) is 0 Å². The van der Waals surface area contributed by atoms with E-state index in [9.17, 15) is 0 Å². The molecule has 0 radical (unpaired) electrons. The zero-order valence-corrected chi connectivity index (χ0v) is 13.6. The fourth-order valence-electron chi connectivity index (χ4n) is 3.23. The van der Waals surface area contributed by atoms with Gasteiger partial charge in [-0.1, -0.05) is 19.3 Å². The summed E-state index contributed by atoms with van der Waals surface area (Å²) in [7, 11) is 0. The third kappa shape index (κ3) is 3.53. The Morgan fingerprint density at radius 3 is 2.54 bits per heavy atom. The van der Waals surface area contributed by atoms with Crippen LogP contribution in [0.1, 0.15) is 32.1 Å². The lowest BCUT2D eigenvalue weighted by Gasteiger charge is -2.23. The summed E-state index contributed by atoms with van der Waals surface area (Å²) >= 11 is 0. The minimum absolute atomic E-state index is 0.524. The van der Waals surface area contributed by atoms with Crippen LogP contribution in [0.5, 0.6) is 11.5 Å². The van der Waals surface area contributed by atoms with Gasteiger partial charge in [0, 0.05) is 23.9 Å². The summed E-state index contributed by atoms with van der Waals surface area (Å²) in [5, 5.41) is 6.83. The summed E-state index contributed by atoms with van der Waals surface area (Å²) in [6, 6.07) is 8.29. The molecule has 2 N–H and O–H groups in total. The maximum absolute atomic E-state index is 5.62. The second kappa shape index (κ2) is 6.95. The van der Waals surface area contributed by atoms with Crippen molar-refractivity contribution in [2.75, 3.05) is 23.8 Å². The molecule has 6 nitrogen and oxygen atoms in total. The molecule has 1 fully saturated rings. The lowest BCUT2D eigenvalue weighted by molar-refractivity contribution is 0.171. The molecule has 0 amide bonds. The van der Waals surface area contributed by atoms with E-state index < -0.39 is 0 Å². The maximum Gasteiger partial charge on any atom is 0.163 e. The maximum atomic E-state index is 5.62. The number of fused-ring (bicyclic) bond motifs is 1. The summed E-state index contributed by atoms with van der Waals surface area (Å²) in [6.07, 6.45) is 7.96. The van der Waals surface area contributed by atoms with E-state index in [0.29, 0.717) is 19.3 Å². The van der Waals surface area contributed by atoms with Gasteiger partial charge in [0.1, 0.15) is 31.2 Å². The fraction of sp³-hybridized carbons (Fsp3) is 0.444. The number of benzene rings is 1. The molecule has 0 bridgehead atoms. The second-order valence-electron chi connectivity index (χ2n) is 6.25. The standard InChI is InChI=1S/C18H22N4O2/c1-2-4-13(5-3-1)21-17-11-18(20-12-19-17)22-14-6-7-15-16(10-14)24-9-8-23-15/h6-7,10-13H,1-5,8-9H2,(H2,19,20,21,22). The van der Waals surface area contributed by atoms with E-state index >= 15 is 0 Å². The highest BCUT2D eigenvalue weighted by Gasteiger charge is 2.14. The van der Waals surface area contributed by atoms with Crippen molar-refractivity contribution in [3.05, 3.63) is 30.6 Å². The highest BCUT2D eigenvalue weighted by molar-refractivity contribution is 5.63. The smallest absolute Gasteiger partial charge is 0.163 e. The second-order valence-corrected chi connectivity index (χ2v) is 6.25. The van der Waals surface area contributed by atoms with E-state index in [-0.39, 0.29) is 0 Å². The first-order valence-electron chi connectivity index (χ1n) is 8.62. The lowest BCUT2D eigenvalue weighted by Crippen LogP contribution is -2.22. The molecular formula is C18H22N4O2. The Kier molecular flexibility index (Phi) is 4.36. The SMILES string of the molecule is c1nc(Nc2ccc3c(c2)OCCO3)cc(NC2CCCCC2)n1. The predicted molar refractivity (Wildman–Crippen MR) is 93.2 cm³/mol. The molecule has 2 heterocycles. The molecule has 6 heteroatoms. The molecule has 1 aliphatic heterocycles. The van der Waals surface area contributed by atoms with Gasteiger partial charge >= 0.3 is 0 Å². The zero-order chi connectivity index (χ0) is 16.2. The number of hydrogen-bond donors (Lipinski definition) is 2. The third-order valence-electron chi connectivity index (χ3n) is 4.44. The van der Waals surface area contributed by atoms with Gasteiger partial charge in [-0.2, -0.15) is 0 Å². The van der Waals surface area contributed by atoms with Crippen LogP contribution >= 0.6 is 0 Å². The van der Waals surface area contributed by atoms with Gasteiger partial charge < -0.3 is 20.1 Å². The lowest BCUT2D eigenvalue weighted by atomic mass is 9.95. The van der Waals surface area contributed by atoms with Crippen molar-refractivity contribution in [3.8, 4) is 11.5 Å². The Morgan fingerprint density at radius 2 is 1.67 bits per heavy atom. The number of nitrogens with zero attached hydrogens (tertiary/aromatic N) is 2. The van der Waals surface area contributed by atoms with Crippen LogP contribution in [0.2, 0.25) is 0 Å². The average Bonchev–Trinajstić information content (AvgIpc) is 2.63. The van der Waals surface area contributed by atoms with E-state index in [1.165, 1.54) is 32.1 Å². The Balaban J connectivity index is 1.45. The minimum atomic E-state index is 0.524. The van der Waals surface area contributed by atoms with Crippen molar-refractivity contribution >= 4 is 17.3 Å². The number of hydrogen-bond acceptors (Lipinski definition) is 6. The Labute approximate surface area is 141 Å². The molecule has 4 rings (SSSR count). The molecule has 0 saturated heterocycles. The van der Waals surface area contributed by atoms with Gasteiger partial charge in [0.15, 0.2) is 11.5 Å². The van der Waals surface area contributed by atoms with Gasteiger partial charge in [0.25, 0.3) is 0 Å². The summed E-state index contributed by atoms with van der Waals surface area (Å²) in [4.78, 5) is 8.64. The van der Waals surface area contributed by atoms with Gasteiger partial charge in [0.2, 0.25) is 0 Å². The van der Waals surface area contributed by atoms with Crippen molar-refractivity contribution in [3.63, 3.8) is 0 Å². The quantitative estimate of drug-likeness (QED) is 0.892. The third-order valence-corrected chi connectivity index (χ3v) is 4.44. The average molecular weight is 326 g/mol. The van der Waals surface area contributed by atoms with E-state index in [1.807, 2.05) is 24.3 Å². The normalized spacial score (nSPS) is 17.3. The van der Waals surface area contributed by atoms with Crippen LogP contribution in [0.15, 0.2) is 30.6 Å². The van der Waals surface area contributed by atoms with Crippen LogP contribution in [0, 0.1) is 0 Å². The van der Waals surface area contributed by atoms with Gasteiger partial charge in [-0.3, -0.25) is 0 Å².